The summed E-state index contributed by atoms with van der Waals surface area (Å²) in [5.74, 6) is 0.393. The number of hydrogen-bond donors (Lipinski definition) is 1. The number of nitrogens with zero attached hydrogens (tertiary/aromatic N) is 2. The van der Waals surface area contributed by atoms with Crippen LogP contribution in [-0.2, 0) is 16.0 Å². The number of benzene rings is 2. The average Bonchev–Trinajstić information content (AvgIpc) is 3.23. The van der Waals surface area contributed by atoms with Crippen molar-refractivity contribution >= 4 is 17.5 Å². The van der Waals surface area contributed by atoms with Crippen molar-refractivity contribution in [1.29, 1.82) is 0 Å². The van der Waals surface area contributed by atoms with Crippen LogP contribution >= 0.6 is 0 Å². The van der Waals surface area contributed by atoms with Crippen molar-refractivity contribution < 1.29 is 9.59 Å². The van der Waals surface area contributed by atoms with Gasteiger partial charge in [0.25, 0.3) is 0 Å². The monoisotopic (exact) mass is 405 g/mol. The third kappa shape index (κ3) is 6.02. The number of hydrogen-bond acceptors (Lipinski definition) is 3. The first-order valence-corrected chi connectivity index (χ1v) is 10.7. The fraction of sp³-hybridized carbons (Fsp3) is 0.400. The van der Waals surface area contributed by atoms with Crippen LogP contribution in [0.1, 0.15) is 62.8 Å². The summed E-state index contributed by atoms with van der Waals surface area (Å²) >= 11 is 0. The van der Waals surface area contributed by atoms with E-state index in [1.807, 2.05) is 37.3 Å². The fourth-order valence-electron chi connectivity index (χ4n) is 3.63. The molecule has 0 saturated heterocycles. The number of rotatable bonds is 8. The topological polar surface area (TPSA) is 61.8 Å². The molecule has 0 aliphatic carbocycles. The second-order valence-electron chi connectivity index (χ2n) is 8.31. The van der Waals surface area contributed by atoms with E-state index >= 15 is 0 Å². The highest BCUT2D eigenvalue weighted by molar-refractivity contribution is 6.02. The predicted molar refractivity (Wildman–Crippen MR) is 120 cm³/mol. The molecule has 1 atom stereocenters. The largest absolute Gasteiger partial charge is 0.350 e. The van der Waals surface area contributed by atoms with E-state index in [1.165, 1.54) is 10.6 Å². The van der Waals surface area contributed by atoms with Gasteiger partial charge in [-0.1, -0.05) is 68.4 Å². The van der Waals surface area contributed by atoms with Crippen LogP contribution in [0.5, 0.6) is 0 Å². The van der Waals surface area contributed by atoms with Gasteiger partial charge in [0.15, 0.2) is 0 Å². The molecule has 0 spiro atoms. The SMILES string of the molecule is CC(C)Cc1ccc([C@@H](C)NC(=O)CCC(=O)N2CCC(c3ccccc3)=N2)cc1. The van der Waals surface area contributed by atoms with E-state index in [9.17, 15) is 9.59 Å². The van der Waals surface area contributed by atoms with Crippen LogP contribution in [0.3, 0.4) is 0 Å². The Morgan fingerprint density at radius 3 is 2.37 bits per heavy atom. The maximum atomic E-state index is 12.4. The minimum absolute atomic E-state index is 0.0878. The first kappa shape index (κ1) is 21.8. The lowest BCUT2D eigenvalue weighted by Gasteiger charge is -2.16. The lowest BCUT2D eigenvalue weighted by atomic mass is 10.00. The van der Waals surface area contributed by atoms with Crippen molar-refractivity contribution in [1.82, 2.24) is 10.3 Å². The second kappa shape index (κ2) is 10.2. The van der Waals surface area contributed by atoms with Gasteiger partial charge in [-0.3, -0.25) is 9.59 Å². The number of carbonyl (C=O) groups excluding carboxylic acids is 2. The van der Waals surface area contributed by atoms with Crippen LogP contribution in [0.2, 0.25) is 0 Å². The average molecular weight is 406 g/mol. The predicted octanol–water partition coefficient (Wildman–Crippen LogP) is 4.48. The molecule has 2 aromatic rings. The van der Waals surface area contributed by atoms with Gasteiger partial charge in [0.2, 0.25) is 11.8 Å². The molecule has 2 aromatic carbocycles. The molecule has 2 amide bonds. The van der Waals surface area contributed by atoms with Crippen molar-refractivity contribution in [3.8, 4) is 0 Å². The molecule has 0 unspecified atom stereocenters. The van der Waals surface area contributed by atoms with E-state index in [4.69, 9.17) is 0 Å². The van der Waals surface area contributed by atoms with Crippen LogP contribution in [0.4, 0.5) is 0 Å². The van der Waals surface area contributed by atoms with Gasteiger partial charge in [-0.05, 0) is 36.0 Å². The van der Waals surface area contributed by atoms with Crippen LogP contribution in [-0.4, -0.2) is 29.1 Å². The lowest BCUT2D eigenvalue weighted by Crippen LogP contribution is -2.29. The molecule has 5 heteroatoms. The standard InChI is InChI=1S/C25H31N3O2/c1-18(2)17-20-9-11-21(12-10-20)19(3)26-24(29)13-14-25(30)28-16-15-23(27-28)22-7-5-4-6-8-22/h4-12,18-19H,13-17H2,1-3H3,(H,26,29)/t19-/m1/s1. The van der Waals surface area contributed by atoms with Gasteiger partial charge in [0.1, 0.15) is 0 Å². The Labute approximate surface area is 179 Å². The summed E-state index contributed by atoms with van der Waals surface area (Å²) in [7, 11) is 0. The number of hydrazone groups is 1. The molecule has 1 aliphatic heterocycles. The third-order valence-electron chi connectivity index (χ3n) is 5.26. The summed E-state index contributed by atoms with van der Waals surface area (Å²) in [5, 5.41) is 8.93. The van der Waals surface area contributed by atoms with Crippen molar-refractivity contribution in [2.75, 3.05) is 6.54 Å². The van der Waals surface area contributed by atoms with Gasteiger partial charge >= 0.3 is 0 Å². The third-order valence-corrected chi connectivity index (χ3v) is 5.26. The Hall–Kier alpha value is -2.95. The molecule has 5 nitrogen and oxygen atoms in total. The Morgan fingerprint density at radius 2 is 1.70 bits per heavy atom. The fourth-order valence-corrected chi connectivity index (χ4v) is 3.63. The van der Waals surface area contributed by atoms with Crippen molar-refractivity contribution in [2.24, 2.45) is 11.0 Å². The molecular weight excluding hydrogens is 374 g/mol. The summed E-state index contributed by atoms with van der Waals surface area (Å²) in [5.41, 5.74) is 4.33. The summed E-state index contributed by atoms with van der Waals surface area (Å²) in [4.78, 5) is 24.8. The minimum Gasteiger partial charge on any atom is -0.350 e. The first-order chi connectivity index (χ1) is 14.4. The van der Waals surface area contributed by atoms with Gasteiger partial charge in [0, 0.05) is 19.3 Å². The maximum Gasteiger partial charge on any atom is 0.243 e. The molecule has 1 aliphatic rings. The van der Waals surface area contributed by atoms with E-state index in [0.717, 1.165) is 29.7 Å². The molecular formula is C25H31N3O2. The molecule has 1 N–H and O–H groups in total. The highest BCUT2D eigenvalue weighted by Crippen LogP contribution is 2.17. The molecule has 0 radical (unpaired) electrons. The van der Waals surface area contributed by atoms with Gasteiger partial charge < -0.3 is 5.32 Å². The minimum atomic E-state index is -0.117. The molecule has 0 aromatic heterocycles. The number of carbonyl (C=O) groups is 2. The molecule has 0 fully saturated rings. The maximum absolute atomic E-state index is 12.4. The smallest absolute Gasteiger partial charge is 0.243 e. The normalized spacial score (nSPS) is 14.5. The first-order valence-electron chi connectivity index (χ1n) is 10.7. The number of nitrogens with one attached hydrogen (secondary N) is 1. The molecule has 0 bridgehead atoms. The van der Waals surface area contributed by atoms with Crippen molar-refractivity contribution in [3.05, 3.63) is 71.3 Å². The van der Waals surface area contributed by atoms with E-state index in [1.54, 1.807) is 0 Å². The van der Waals surface area contributed by atoms with Crippen LogP contribution in [0.15, 0.2) is 59.7 Å². The van der Waals surface area contributed by atoms with Crippen LogP contribution < -0.4 is 5.32 Å². The zero-order valence-electron chi connectivity index (χ0n) is 18.1. The van der Waals surface area contributed by atoms with Crippen LogP contribution in [0, 0.1) is 5.92 Å². The number of amides is 2. The summed E-state index contributed by atoms with van der Waals surface area (Å²) in [6.45, 7) is 6.94. The molecule has 0 saturated carbocycles. The summed E-state index contributed by atoms with van der Waals surface area (Å²) < 4.78 is 0. The van der Waals surface area contributed by atoms with E-state index in [2.05, 4.69) is 48.5 Å². The zero-order chi connectivity index (χ0) is 21.5. The van der Waals surface area contributed by atoms with Crippen molar-refractivity contribution in [2.45, 2.75) is 52.5 Å². The zero-order valence-corrected chi connectivity index (χ0v) is 18.1. The van der Waals surface area contributed by atoms with Gasteiger partial charge in [0.05, 0.1) is 18.3 Å². The Morgan fingerprint density at radius 1 is 1.00 bits per heavy atom. The molecule has 1 heterocycles. The van der Waals surface area contributed by atoms with E-state index in [0.29, 0.717) is 12.5 Å². The summed E-state index contributed by atoms with van der Waals surface area (Å²) in [6.07, 6.45) is 2.12. The Bertz CT molecular complexity index is 888. The second-order valence-corrected chi connectivity index (χ2v) is 8.31. The van der Waals surface area contributed by atoms with Gasteiger partial charge in [-0.2, -0.15) is 5.10 Å². The Kier molecular flexibility index (Phi) is 7.39. The van der Waals surface area contributed by atoms with Gasteiger partial charge in [-0.15, -0.1) is 0 Å². The molecule has 30 heavy (non-hydrogen) atoms. The van der Waals surface area contributed by atoms with E-state index < -0.39 is 0 Å². The van der Waals surface area contributed by atoms with E-state index in [-0.39, 0.29) is 30.7 Å². The summed E-state index contributed by atoms with van der Waals surface area (Å²) in [6, 6.07) is 18.2. The highest BCUT2D eigenvalue weighted by Gasteiger charge is 2.22. The Balaban J connectivity index is 1.46. The van der Waals surface area contributed by atoms with Crippen molar-refractivity contribution in [3.63, 3.8) is 0 Å². The quantitative estimate of drug-likeness (QED) is 0.704. The lowest BCUT2D eigenvalue weighted by molar-refractivity contribution is -0.133. The van der Waals surface area contributed by atoms with Crippen LogP contribution in [0.25, 0.3) is 0 Å². The molecule has 3 rings (SSSR count). The molecule has 158 valence electrons. The highest BCUT2D eigenvalue weighted by atomic mass is 16.2. The van der Waals surface area contributed by atoms with Gasteiger partial charge in [-0.25, -0.2) is 5.01 Å².